The topological polar surface area (TPSA) is 187 Å². The number of ether oxygens (including phenoxy) is 7. The maximum absolute atomic E-state index is 16.0. The third kappa shape index (κ3) is 7.70. The lowest BCUT2D eigenvalue weighted by molar-refractivity contribution is -0.346. The molecule has 14 heteroatoms. The number of benzene rings is 3. The van der Waals surface area contributed by atoms with E-state index in [2.05, 4.69) is 0 Å². The second-order valence-corrected chi connectivity index (χ2v) is 17.1. The van der Waals surface area contributed by atoms with Crippen LogP contribution in [0.4, 0.5) is 0 Å². The summed E-state index contributed by atoms with van der Waals surface area (Å²) in [6.07, 6.45) is -4.98. The van der Waals surface area contributed by atoms with Crippen molar-refractivity contribution in [1.82, 2.24) is 0 Å². The van der Waals surface area contributed by atoms with Crippen molar-refractivity contribution in [3.63, 3.8) is 0 Å². The summed E-state index contributed by atoms with van der Waals surface area (Å²) in [4.78, 5) is 83.0. The second-order valence-electron chi connectivity index (χ2n) is 17.1. The van der Waals surface area contributed by atoms with E-state index in [1.807, 2.05) is 30.3 Å². The molecule has 0 aromatic heterocycles. The van der Waals surface area contributed by atoms with Crippen LogP contribution < -0.4 is 4.74 Å². The number of hydrogen-bond donors (Lipinski definition) is 1. The molecular weight excluding hydrogens is 801 g/mol. The first-order valence-electron chi connectivity index (χ1n) is 20.4. The molecule has 326 valence electrons. The number of ketones is 1. The Morgan fingerprint density at radius 2 is 1.39 bits per heavy atom. The first-order chi connectivity index (χ1) is 29.3. The van der Waals surface area contributed by atoms with Gasteiger partial charge in [0.2, 0.25) is 0 Å². The number of carbonyl (C=O) groups is 6. The molecule has 0 radical (unpaired) electrons. The molecule has 14 nitrogen and oxygen atoms in total. The average molecular weight is 851 g/mol. The summed E-state index contributed by atoms with van der Waals surface area (Å²) in [6, 6.07) is 24.1. The summed E-state index contributed by atoms with van der Waals surface area (Å²) in [7, 11) is 0. The molecule has 1 aliphatic heterocycles. The van der Waals surface area contributed by atoms with Crippen LogP contribution in [0.5, 0.6) is 11.5 Å². The van der Waals surface area contributed by atoms with Gasteiger partial charge in [-0.2, -0.15) is 0 Å². The molecule has 1 heterocycles. The molecule has 9 atom stereocenters. The summed E-state index contributed by atoms with van der Waals surface area (Å²) in [5.74, 6) is -5.17. The fraction of sp³-hybridized carbons (Fsp3) is 0.417. The number of fused-ring (bicyclic) bond motifs is 5. The monoisotopic (exact) mass is 850 g/mol. The molecule has 7 rings (SSSR count). The number of hydrogen-bond acceptors (Lipinski definition) is 14. The fourth-order valence-electron chi connectivity index (χ4n) is 9.99. The van der Waals surface area contributed by atoms with Crippen LogP contribution in [0, 0.1) is 16.7 Å². The first kappa shape index (κ1) is 44.0. The third-order valence-electron chi connectivity index (χ3n) is 13.0. The van der Waals surface area contributed by atoms with E-state index in [-0.39, 0.29) is 30.6 Å². The lowest BCUT2D eigenvalue weighted by Gasteiger charge is -2.67. The van der Waals surface area contributed by atoms with Gasteiger partial charge in [-0.1, -0.05) is 62.4 Å². The highest BCUT2D eigenvalue weighted by Gasteiger charge is 2.79. The van der Waals surface area contributed by atoms with E-state index in [9.17, 15) is 29.1 Å². The predicted molar refractivity (Wildman–Crippen MR) is 220 cm³/mol. The fourth-order valence-corrected chi connectivity index (χ4v) is 9.99. The summed E-state index contributed by atoms with van der Waals surface area (Å²) in [5.41, 5.74) is -6.53. The largest absolute Gasteiger partial charge is 0.461 e. The maximum atomic E-state index is 16.0. The molecule has 2 saturated carbocycles. The van der Waals surface area contributed by atoms with Gasteiger partial charge in [-0.15, -0.1) is 0 Å². The van der Waals surface area contributed by atoms with Gasteiger partial charge in [-0.3, -0.25) is 19.2 Å². The maximum Gasteiger partial charge on any atom is 0.338 e. The highest BCUT2D eigenvalue weighted by Crippen LogP contribution is 2.65. The molecule has 2 bridgehead atoms. The normalized spacial score (nSPS) is 30.9. The SMILES string of the molecule is CC(=O)O[C@H]1C[C@@]2(O)[C@@H](OC(=O)c3ccccc3)[C@@H]3[C@]4(OC(C)=O)CO[C@@H]4C[C@H](OC(C)=O)[C@@]3(C)C(=O)[C@H](OC(=O)/C=C/c3ccc(Oc4ccccc4)cc3)C(=C1C)C2(C)C. The number of rotatable bonds is 10. The molecule has 3 fully saturated rings. The van der Waals surface area contributed by atoms with Gasteiger partial charge in [0.1, 0.15) is 41.5 Å². The average Bonchev–Trinajstić information content (AvgIpc) is 3.21. The molecule has 4 aliphatic rings. The van der Waals surface area contributed by atoms with Gasteiger partial charge in [0.25, 0.3) is 0 Å². The van der Waals surface area contributed by atoms with Crippen molar-refractivity contribution in [2.24, 2.45) is 16.7 Å². The molecule has 0 unspecified atom stereocenters. The van der Waals surface area contributed by atoms with Crippen molar-refractivity contribution >= 4 is 41.7 Å². The van der Waals surface area contributed by atoms with Crippen LogP contribution in [0.2, 0.25) is 0 Å². The lowest BCUT2D eigenvalue weighted by Crippen LogP contribution is -2.82. The zero-order valence-corrected chi connectivity index (χ0v) is 35.6. The van der Waals surface area contributed by atoms with Gasteiger partial charge < -0.3 is 38.3 Å². The van der Waals surface area contributed by atoms with Crippen molar-refractivity contribution in [1.29, 1.82) is 0 Å². The second kappa shape index (κ2) is 16.6. The van der Waals surface area contributed by atoms with Gasteiger partial charge in [0.15, 0.2) is 17.5 Å². The van der Waals surface area contributed by atoms with Gasteiger partial charge in [0, 0.05) is 45.1 Å². The number of Topliss-reactive ketones (excluding diaryl/α,β-unsaturated/α-hetero) is 1. The molecule has 62 heavy (non-hydrogen) atoms. The number of esters is 5. The van der Waals surface area contributed by atoms with Gasteiger partial charge in [-0.25, -0.2) is 9.59 Å². The highest BCUT2D eigenvalue weighted by atomic mass is 16.6. The standard InChI is InChI=1S/C48H50O14/c1-27-35(57-28(2)49)25-48(55)43(61-44(54)32-14-10-8-11-15-32)41-46(7,36(58-29(3)50)24-37-47(41,26-56-37)62-30(4)51)42(53)40(39(27)45(48,5)6)60-38(52)23-20-31-18-21-34(22-19-31)59-33-16-12-9-13-17-33/h8-23,35-37,40-41,43,55H,24-26H2,1-7H3/b23-20+/t35-,36-,37+,40+,41-,43-,46+,47-,48+/m0/s1. The minimum atomic E-state index is -2.27. The first-order valence-corrected chi connectivity index (χ1v) is 20.4. The van der Waals surface area contributed by atoms with E-state index >= 15 is 4.79 Å². The van der Waals surface area contributed by atoms with E-state index in [4.69, 9.17) is 33.2 Å². The van der Waals surface area contributed by atoms with E-state index in [0.29, 0.717) is 22.6 Å². The van der Waals surface area contributed by atoms with Crippen molar-refractivity contribution in [2.75, 3.05) is 6.61 Å². The number of aliphatic hydroxyl groups is 1. The summed E-state index contributed by atoms with van der Waals surface area (Å²) >= 11 is 0. The number of para-hydroxylation sites is 1. The molecular formula is C48H50O14. The summed E-state index contributed by atoms with van der Waals surface area (Å²) in [6.45, 7) is 9.56. The highest BCUT2D eigenvalue weighted by molar-refractivity contribution is 5.97. The van der Waals surface area contributed by atoms with E-state index in [0.717, 1.165) is 6.08 Å². The van der Waals surface area contributed by atoms with E-state index in [1.54, 1.807) is 63.2 Å². The Bertz CT molecular complexity index is 2320. The molecule has 1 N–H and O–H groups in total. The van der Waals surface area contributed by atoms with Crippen LogP contribution >= 0.6 is 0 Å². The Kier molecular flexibility index (Phi) is 11.8. The number of carbonyl (C=O) groups excluding carboxylic acids is 6. The quantitative estimate of drug-likeness (QED) is 0.104. The predicted octanol–water partition coefficient (Wildman–Crippen LogP) is 6.28. The molecule has 0 amide bonds. The zero-order chi connectivity index (χ0) is 44.8. The van der Waals surface area contributed by atoms with Crippen LogP contribution in [-0.4, -0.2) is 89.1 Å². The zero-order valence-electron chi connectivity index (χ0n) is 35.6. The Morgan fingerprint density at radius 1 is 0.774 bits per heavy atom. The smallest absolute Gasteiger partial charge is 0.338 e. The van der Waals surface area contributed by atoms with Crippen molar-refractivity contribution < 1.29 is 67.0 Å². The minimum absolute atomic E-state index is 0.0854. The van der Waals surface area contributed by atoms with Crippen LogP contribution in [0.3, 0.4) is 0 Å². The summed E-state index contributed by atoms with van der Waals surface area (Å²) < 4.78 is 42.4. The van der Waals surface area contributed by atoms with Crippen LogP contribution in [0.25, 0.3) is 6.08 Å². The van der Waals surface area contributed by atoms with Gasteiger partial charge >= 0.3 is 29.8 Å². The van der Waals surface area contributed by atoms with Crippen LogP contribution in [0.1, 0.15) is 77.2 Å². The Labute approximate surface area is 359 Å². The van der Waals surface area contributed by atoms with Crippen molar-refractivity contribution in [3.8, 4) is 11.5 Å². The van der Waals surface area contributed by atoms with Crippen LogP contribution in [0.15, 0.2) is 102 Å². The molecule has 3 aromatic rings. The Hall–Kier alpha value is -6.12. The third-order valence-corrected chi connectivity index (χ3v) is 13.0. The Balaban J connectivity index is 1.39. The van der Waals surface area contributed by atoms with E-state index < -0.39 is 94.1 Å². The van der Waals surface area contributed by atoms with E-state index in [1.165, 1.54) is 45.9 Å². The van der Waals surface area contributed by atoms with Crippen molar-refractivity contribution in [3.05, 3.63) is 113 Å². The van der Waals surface area contributed by atoms with Gasteiger partial charge in [-0.05, 0) is 73.0 Å². The molecule has 0 spiro atoms. The van der Waals surface area contributed by atoms with Crippen molar-refractivity contribution in [2.45, 2.75) is 103 Å². The minimum Gasteiger partial charge on any atom is -0.461 e. The lowest BCUT2D eigenvalue weighted by atomic mass is 9.44. The molecule has 3 aliphatic carbocycles. The molecule has 1 saturated heterocycles. The Morgan fingerprint density at radius 3 is 1.97 bits per heavy atom. The van der Waals surface area contributed by atoms with Crippen LogP contribution in [-0.2, 0) is 52.4 Å². The summed E-state index contributed by atoms with van der Waals surface area (Å²) in [5, 5.41) is 13.6. The molecule has 3 aromatic carbocycles. The van der Waals surface area contributed by atoms with Gasteiger partial charge in [0.05, 0.1) is 23.5 Å².